The second kappa shape index (κ2) is 7.52. The SMILES string of the molecule is CC(=O)N1CCC(C(=O)N(CC(O)c2ccc(F)cc2)C2CC2)CC1. The molecule has 1 heterocycles. The zero-order chi connectivity index (χ0) is 18.0. The van der Waals surface area contributed by atoms with Crippen LogP contribution in [0.15, 0.2) is 24.3 Å². The maximum absolute atomic E-state index is 13.0. The van der Waals surface area contributed by atoms with Crippen molar-refractivity contribution in [2.24, 2.45) is 5.92 Å². The normalized spacial score (nSPS) is 19.6. The number of aliphatic hydroxyl groups excluding tert-OH is 1. The first-order chi connectivity index (χ1) is 12.0. The Bertz CT molecular complexity index is 622. The molecular weight excluding hydrogens is 323 g/mol. The summed E-state index contributed by atoms with van der Waals surface area (Å²) >= 11 is 0. The number of carbonyl (C=O) groups excluding carboxylic acids is 2. The average molecular weight is 348 g/mol. The lowest BCUT2D eigenvalue weighted by Gasteiger charge is -2.34. The van der Waals surface area contributed by atoms with E-state index < -0.39 is 6.10 Å². The maximum atomic E-state index is 13.0. The highest BCUT2D eigenvalue weighted by Crippen LogP contribution is 2.32. The predicted molar refractivity (Wildman–Crippen MR) is 91.1 cm³/mol. The second-order valence-corrected chi connectivity index (χ2v) is 7.07. The molecule has 1 aromatic rings. The summed E-state index contributed by atoms with van der Waals surface area (Å²) in [7, 11) is 0. The number of carbonyl (C=O) groups is 2. The standard InChI is InChI=1S/C19H25FN2O3/c1-13(23)21-10-8-15(9-11-21)19(25)22(17-6-7-17)12-18(24)14-2-4-16(20)5-3-14/h2-5,15,17-18,24H,6-12H2,1H3. The summed E-state index contributed by atoms with van der Waals surface area (Å²) in [5.74, 6) is -0.302. The summed E-state index contributed by atoms with van der Waals surface area (Å²) in [5, 5.41) is 10.5. The number of hydrogen-bond acceptors (Lipinski definition) is 3. The number of likely N-dealkylation sites (tertiary alicyclic amines) is 1. The van der Waals surface area contributed by atoms with Crippen molar-refractivity contribution in [1.29, 1.82) is 0 Å². The van der Waals surface area contributed by atoms with Crippen LogP contribution in [0.3, 0.4) is 0 Å². The third-order valence-corrected chi connectivity index (χ3v) is 5.18. The lowest BCUT2D eigenvalue weighted by molar-refractivity contribution is -0.141. The maximum Gasteiger partial charge on any atom is 0.226 e. The molecular formula is C19H25FN2O3. The minimum absolute atomic E-state index is 0.0525. The highest BCUT2D eigenvalue weighted by Gasteiger charge is 2.38. The van der Waals surface area contributed by atoms with E-state index in [1.165, 1.54) is 12.1 Å². The van der Waals surface area contributed by atoms with Crippen molar-refractivity contribution in [2.75, 3.05) is 19.6 Å². The monoisotopic (exact) mass is 348 g/mol. The van der Waals surface area contributed by atoms with E-state index >= 15 is 0 Å². The number of piperidine rings is 1. The van der Waals surface area contributed by atoms with Crippen molar-refractivity contribution >= 4 is 11.8 Å². The number of nitrogens with zero attached hydrogens (tertiary/aromatic N) is 2. The van der Waals surface area contributed by atoms with Gasteiger partial charge in [0.25, 0.3) is 0 Å². The van der Waals surface area contributed by atoms with Crippen LogP contribution in [0.5, 0.6) is 0 Å². The van der Waals surface area contributed by atoms with Crippen LogP contribution in [0.25, 0.3) is 0 Å². The first-order valence-electron chi connectivity index (χ1n) is 8.95. The fourth-order valence-corrected chi connectivity index (χ4v) is 3.46. The molecule has 1 saturated heterocycles. The Labute approximate surface area is 147 Å². The Morgan fingerprint density at radius 1 is 1.20 bits per heavy atom. The highest BCUT2D eigenvalue weighted by molar-refractivity contribution is 5.80. The molecule has 0 spiro atoms. The molecule has 1 aliphatic heterocycles. The van der Waals surface area contributed by atoms with Gasteiger partial charge in [0.2, 0.25) is 11.8 Å². The van der Waals surface area contributed by atoms with Gasteiger partial charge in [-0.3, -0.25) is 9.59 Å². The van der Waals surface area contributed by atoms with Crippen molar-refractivity contribution in [3.63, 3.8) is 0 Å². The fourth-order valence-electron chi connectivity index (χ4n) is 3.46. The minimum Gasteiger partial charge on any atom is -0.387 e. The number of benzene rings is 1. The summed E-state index contributed by atoms with van der Waals surface area (Å²) in [6, 6.07) is 5.95. The Morgan fingerprint density at radius 3 is 2.32 bits per heavy atom. The van der Waals surface area contributed by atoms with Crippen molar-refractivity contribution in [1.82, 2.24) is 9.80 Å². The van der Waals surface area contributed by atoms with E-state index in [1.807, 2.05) is 0 Å². The molecule has 1 N–H and O–H groups in total. The van der Waals surface area contributed by atoms with Gasteiger partial charge < -0.3 is 14.9 Å². The third-order valence-electron chi connectivity index (χ3n) is 5.18. The average Bonchev–Trinajstić information content (AvgIpc) is 3.44. The van der Waals surface area contributed by atoms with Crippen molar-refractivity contribution < 1.29 is 19.1 Å². The van der Waals surface area contributed by atoms with Crippen molar-refractivity contribution in [2.45, 2.75) is 44.8 Å². The molecule has 1 atom stereocenters. The van der Waals surface area contributed by atoms with Crippen LogP contribution in [0.2, 0.25) is 0 Å². The lowest BCUT2D eigenvalue weighted by atomic mass is 9.94. The molecule has 136 valence electrons. The van der Waals surface area contributed by atoms with Gasteiger partial charge in [-0.15, -0.1) is 0 Å². The van der Waals surface area contributed by atoms with Gasteiger partial charge in [0.1, 0.15) is 5.82 Å². The molecule has 0 radical (unpaired) electrons. The molecule has 25 heavy (non-hydrogen) atoms. The van der Waals surface area contributed by atoms with Gasteiger partial charge in [0, 0.05) is 32.0 Å². The Hall–Kier alpha value is -1.95. The summed E-state index contributed by atoms with van der Waals surface area (Å²) in [5.41, 5.74) is 0.617. The highest BCUT2D eigenvalue weighted by atomic mass is 19.1. The van der Waals surface area contributed by atoms with Crippen LogP contribution < -0.4 is 0 Å². The van der Waals surface area contributed by atoms with Gasteiger partial charge in [-0.25, -0.2) is 4.39 Å². The lowest BCUT2D eigenvalue weighted by Crippen LogP contribution is -2.45. The van der Waals surface area contributed by atoms with Crippen LogP contribution in [0.4, 0.5) is 4.39 Å². The number of amides is 2. The van der Waals surface area contributed by atoms with E-state index in [-0.39, 0.29) is 36.1 Å². The molecule has 1 aromatic carbocycles. The topological polar surface area (TPSA) is 60.9 Å². The van der Waals surface area contributed by atoms with Gasteiger partial charge >= 0.3 is 0 Å². The zero-order valence-corrected chi connectivity index (χ0v) is 14.5. The molecule has 1 aliphatic carbocycles. The second-order valence-electron chi connectivity index (χ2n) is 7.07. The quantitative estimate of drug-likeness (QED) is 0.887. The molecule has 5 nitrogen and oxygen atoms in total. The molecule has 6 heteroatoms. The number of halogens is 1. The minimum atomic E-state index is -0.817. The van der Waals surface area contributed by atoms with Gasteiger partial charge in [-0.05, 0) is 43.4 Å². The van der Waals surface area contributed by atoms with Crippen LogP contribution >= 0.6 is 0 Å². The Balaban J connectivity index is 1.62. The van der Waals surface area contributed by atoms with E-state index in [1.54, 1.807) is 28.9 Å². The van der Waals surface area contributed by atoms with E-state index in [4.69, 9.17) is 0 Å². The van der Waals surface area contributed by atoms with Gasteiger partial charge in [-0.1, -0.05) is 12.1 Å². The van der Waals surface area contributed by atoms with Gasteiger partial charge in [-0.2, -0.15) is 0 Å². The number of aliphatic hydroxyl groups is 1. The molecule has 1 unspecified atom stereocenters. The van der Waals surface area contributed by atoms with Crippen LogP contribution in [0.1, 0.15) is 44.3 Å². The molecule has 0 bridgehead atoms. The summed E-state index contributed by atoms with van der Waals surface area (Å²) in [4.78, 5) is 27.9. The number of rotatable bonds is 5. The molecule has 3 rings (SSSR count). The van der Waals surface area contributed by atoms with E-state index in [2.05, 4.69) is 0 Å². The van der Waals surface area contributed by atoms with Gasteiger partial charge in [0.15, 0.2) is 0 Å². The smallest absolute Gasteiger partial charge is 0.226 e. The summed E-state index contributed by atoms with van der Waals surface area (Å²) < 4.78 is 13.0. The Morgan fingerprint density at radius 2 is 1.80 bits per heavy atom. The zero-order valence-electron chi connectivity index (χ0n) is 14.5. The van der Waals surface area contributed by atoms with E-state index in [0.29, 0.717) is 31.5 Å². The van der Waals surface area contributed by atoms with E-state index in [0.717, 1.165) is 12.8 Å². The molecule has 2 amide bonds. The Kier molecular flexibility index (Phi) is 5.37. The van der Waals surface area contributed by atoms with Crippen LogP contribution in [-0.4, -0.2) is 52.4 Å². The number of hydrogen-bond donors (Lipinski definition) is 1. The fraction of sp³-hybridized carbons (Fsp3) is 0.579. The van der Waals surface area contributed by atoms with Crippen molar-refractivity contribution in [3.05, 3.63) is 35.6 Å². The largest absolute Gasteiger partial charge is 0.387 e. The van der Waals surface area contributed by atoms with Gasteiger partial charge in [0.05, 0.1) is 12.6 Å². The summed E-state index contributed by atoms with van der Waals surface area (Å²) in [6.07, 6.45) is 2.47. The molecule has 0 aromatic heterocycles. The van der Waals surface area contributed by atoms with Crippen LogP contribution in [0, 0.1) is 11.7 Å². The molecule has 2 aliphatic rings. The summed E-state index contributed by atoms with van der Waals surface area (Å²) in [6.45, 7) is 3.02. The first kappa shape index (κ1) is 17.9. The first-order valence-corrected chi connectivity index (χ1v) is 8.95. The molecule has 1 saturated carbocycles. The van der Waals surface area contributed by atoms with E-state index in [9.17, 15) is 19.1 Å². The third kappa shape index (κ3) is 4.37. The van der Waals surface area contributed by atoms with Crippen LogP contribution in [-0.2, 0) is 9.59 Å². The predicted octanol–water partition coefficient (Wildman–Crippen LogP) is 2.11. The molecule has 2 fully saturated rings. The van der Waals surface area contributed by atoms with Crippen molar-refractivity contribution in [3.8, 4) is 0 Å².